The molecular formula is C19H11I4NO4S. The van der Waals surface area contributed by atoms with Crippen LogP contribution in [0.5, 0.6) is 5.75 Å². The Morgan fingerprint density at radius 3 is 2.28 bits per heavy atom. The van der Waals surface area contributed by atoms with Crippen LogP contribution in [-0.2, 0) is 0 Å². The standard InChI is InChI=1S/C19H11I4NO4S/c1-28-12-6-10(21)13(16(23)15(12)22)18(25)24-11-7-29-17(14(11)19(26)27)8-2-4-9(20)5-3-8/h2-7H,1H3,(H,24,25)(H,26,27). The van der Waals surface area contributed by atoms with E-state index in [1.165, 1.54) is 11.3 Å². The number of ether oxygens (including phenoxy) is 1. The molecule has 1 aromatic heterocycles. The Morgan fingerprint density at radius 2 is 1.69 bits per heavy atom. The van der Waals surface area contributed by atoms with E-state index in [2.05, 4.69) is 95.7 Å². The molecule has 150 valence electrons. The number of carboxylic acids is 1. The summed E-state index contributed by atoms with van der Waals surface area (Å²) in [6.45, 7) is 0. The van der Waals surface area contributed by atoms with Crippen molar-refractivity contribution < 1.29 is 19.4 Å². The number of halogens is 4. The molecule has 1 heterocycles. The van der Waals surface area contributed by atoms with Gasteiger partial charge in [0.05, 0.1) is 26.8 Å². The average molecular weight is 857 g/mol. The normalized spacial score (nSPS) is 10.7. The maximum absolute atomic E-state index is 13.0. The van der Waals surface area contributed by atoms with Crippen LogP contribution < -0.4 is 10.1 Å². The molecule has 0 bridgehead atoms. The van der Waals surface area contributed by atoms with Crippen molar-refractivity contribution in [1.82, 2.24) is 0 Å². The van der Waals surface area contributed by atoms with E-state index in [1.54, 1.807) is 18.6 Å². The molecule has 0 atom stereocenters. The van der Waals surface area contributed by atoms with Gasteiger partial charge in [0.15, 0.2) is 0 Å². The predicted octanol–water partition coefficient (Wildman–Crippen LogP) is 6.79. The molecular weight excluding hydrogens is 846 g/mol. The van der Waals surface area contributed by atoms with Crippen LogP contribution in [0.15, 0.2) is 35.7 Å². The van der Waals surface area contributed by atoms with E-state index < -0.39 is 5.97 Å². The third-order valence-corrected chi connectivity index (χ3v) is 9.71. The average Bonchev–Trinajstić information content (AvgIpc) is 3.09. The third kappa shape index (κ3) is 5.01. The number of carbonyl (C=O) groups excluding carboxylic acids is 1. The molecule has 0 radical (unpaired) electrons. The van der Waals surface area contributed by atoms with Crippen LogP contribution in [0.25, 0.3) is 10.4 Å². The van der Waals surface area contributed by atoms with Gasteiger partial charge < -0.3 is 15.2 Å². The molecule has 3 rings (SSSR count). The number of methoxy groups -OCH3 is 1. The first-order valence-electron chi connectivity index (χ1n) is 7.88. The van der Waals surface area contributed by atoms with Gasteiger partial charge in [-0.25, -0.2) is 4.79 Å². The Hall–Kier alpha value is -0.200. The number of aromatic carboxylic acids is 1. The summed E-state index contributed by atoms with van der Waals surface area (Å²) in [5.41, 5.74) is 1.68. The molecule has 3 aromatic rings. The molecule has 5 nitrogen and oxygen atoms in total. The minimum Gasteiger partial charge on any atom is -0.496 e. The summed E-state index contributed by atoms with van der Waals surface area (Å²) in [4.78, 5) is 25.6. The number of hydrogen-bond donors (Lipinski definition) is 2. The van der Waals surface area contributed by atoms with Crippen LogP contribution in [0.2, 0.25) is 0 Å². The van der Waals surface area contributed by atoms with Gasteiger partial charge in [0.25, 0.3) is 5.91 Å². The van der Waals surface area contributed by atoms with Gasteiger partial charge in [-0.1, -0.05) is 12.1 Å². The first-order chi connectivity index (χ1) is 13.7. The second kappa shape index (κ2) is 9.95. The molecule has 0 saturated heterocycles. The van der Waals surface area contributed by atoms with Gasteiger partial charge in [-0.3, -0.25) is 4.79 Å². The van der Waals surface area contributed by atoms with E-state index in [0.717, 1.165) is 19.8 Å². The number of hydrogen-bond acceptors (Lipinski definition) is 4. The van der Waals surface area contributed by atoms with Crippen molar-refractivity contribution in [2.24, 2.45) is 0 Å². The highest BCUT2D eigenvalue weighted by molar-refractivity contribution is 14.1. The number of benzene rings is 2. The van der Waals surface area contributed by atoms with Gasteiger partial charge in [0.1, 0.15) is 11.3 Å². The monoisotopic (exact) mass is 857 g/mol. The molecule has 1 amide bonds. The zero-order valence-corrected chi connectivity index (χ0v) is 24.0. The Labute approximate surface area is 225 Å². The number of rotatable bonds is 5. The Balaban J connectivity index is 2.01. The lowest BCUT2D eigenvalue weighted by atomic mass is 10.1. The van der Waals surface area contributed by atoms with E-state index in [0.29, 0.717) is 21.9 Å². The molecule has 0 unspecified atom stereocenters. The van der Waals surface area contributed by atoms with Crippen LogP contribution in [-0.4, -0.2) is 24.1 Å². The van der Waals surface area contributed by atoms with Crippen LogP contribution >= 0.6 is 102 Å². The van der Waals surface area contributed by atoms with E-state index in [1.807, 2.05) is 24.3 Å². The Bertz CT molecular complexity index is 1110. The van der Waals surface area contributed by atoms with Gasteiger partial charge in [-0.2, -0.15) is 0 Å². The van der Waals surface area contributed by atoms with Gasteiger partial charge in [-0.05, 0) is 114 Å². The molecule has 0 aliphatic rings. The zero-order chi connectivity index (χ0) is 21.3. The fourth-order valence-electron chi connectivity index (χ4n) is 2.59. The minimum absolute atomic E-state index is 0.0952. The van der Waals surface area contributed by atoms with Crippen molar-refractivity contribution in [2.75, 3.05) is 12.4 Å². The van der Waals surface area contributed by atoms with Gasteiger partial charge >= 0.3 is 5.97 Å². The lowest BCUT2D eigenvalue weighted by Gasteiger charge is -2.13. The summed E-state index contributed by atoms with van der Waals surface area (Å²) in [5.74, 6) is -0.740. The van der Waals surface area contributed by atoms with Gasteiger partial charge in [0.2, 0.25) is 0 Å². The zero-order valence-electron chi connectivity index (χ0n) is 14.6. The molecule has 2 N–H and O–H groups in total. The topological polar surface area (TPSA) is 75.6 Å². The minimum atomic E-state index is -1.08. The molecule has 10 heteroatoms. The molecule has 29 heavy (non-hydrogen) atoms. The first-order valence-corrected chi connectivity index (χ1v) is 13.1. The third-order valence-electron chi connectivity index (χ3n) is 3.93. The number of thiophene rings is 1. The van der Waals surface area contributed by atoms with Crippen molar-refractivity contribution in [2.45, 2.75) is 0 Å². The number of carboxylic acid groups (broad SMARTS) is 1. The summed E-state index contributed by atoms with van der Waals surface area (Å²) in [6.07, 6.45) is 0. The van der Waals surface area contributed by atoms with Crippen LogP contribution in [0, 0.1) is 14.3 Å². The van der Waals surface area contributed by atoms with Crippen molar-refractivity contribution in [3.05, 3.63) is 61.1 Å². The van der Waals surface area contributed by atoms with E-state index in [-0.39, 0.29) is 11.5 Å². The van der Waals surface area contributed by atoms with Gasteiger partial charge in [-0.15, -0.1) is 11.3 Å². The van der Waals surface area contributed by atoms with Gasteiger partial charge in [0, 0.05) is 16.1 Å². The number of amides is 1. The second-order valence-electron chi connectivity index (χ2n) is 5.68. The second-order valence-corrected chi connectivity index (χ2v) is 11.1. The summed E-state index contributed by atoms with van der Waals surface area (Å²) in [5, 5.41) is 14.3. The van der Waals surface area contributed by atoms with Crippen molar-refractivity contribution in [3.63, 3.8) is 0 Å². The quantitative estimate of drug-likeness (QED) is 0.219. The van der Waals surface area contributed by atoms with Crippen molar-refractivity contribution >= 4 is 119 Å². The lowest BCUT2D eigenvalue weighted by molar-refractivity contribution is 0.0699. The summed E-state index contributed by atoms with van der Waals surface area (Å²) in [6, 6.07) is 9.39. The Morgan fingerprint density at radius 1 is 1.03 bits per heavy atom. The van der Waals surface area contributed by atoms with Crippen molar-refractivity contribution in [1.29, 1.82) is 0 Å². The highest BCUT2D eigenvalue weighted by Crippen LogP contribution is 2.38. The molecule has 0 aliphatic carbocycles. The Kier molecular flexibility index (Phi) is 8.05. The summed E-state index contributed by atoms with van der Waals surface area (Å²) >= 11 is 9.82. The molecule has 0 saturated carbocycles. The van der Waals surface area contributed by atoms with Crippen LogP contribution in [0.4, 0.5) is 5.69 Å². The van der Waals surface area contributed by atoms with E-state index in [9.17, 15) is 14.7 Å². The highest BCUT2D eigenvalue weighted by Gasteiger charge is 2.24. The molecule has 0 fully saturated rings. The predicted molar refractivity (Wildman–Crippen MR) is 149 cm³/mol. The maximum Gasteiger partial charge on any atom is 0.339 e. The molecule has 0 spiro atoms. The summed E-state index contributed by atoms with van der Waals surface area (Å²) in [7, 11) is 1.58. The van der Waals surface area contributed by atoms with Crippen molar-refractivity contribution in [3.8, 4) is 16.2 Å². The fraction of sp³-hybridized carbons (Fsp3) is 0.0526. The lowest BCUT2D eigenvalue weighted by Crippen LogP contribution is -2.17. The van der Waals surface area contributed by atoms with Crippen LogP contribution in [0.1, 0.15) is 20.7 Å². The smallest absolute Gasteiger partial charge is 0.339 e. The number of carbonyl (C=O) groups is 2. The number of nitrogens with one attached hydrogen (secondary N) is 1. The largest absolute Gasteiger partial charge is 0.496 e. The van der Waals surface area contributed by atoms with E-state index >= 15 is 0 Å². The highest BCUT2D eigenvalue weighted by atomic mass is 127. The van der Waals surface area contributed by atoms with Crippen LogP contribution in [0.3, 0.4) is 0 Å². The molecule has 2 aromatic carbocycles. The summed E-state index contributed by atoms with van der Waals surface area (Å²) < 4.78 is 8.73. The maximum atomic E-state index is 13.0. The molecule has 0 aliphatic heterocycles. The SMILES string of the molecule is COc1cc(I)c(C(=O)Nc2csc(-c3ccc(I)cc3)c2C(=O)O)c(I)c1I. The first kappa shape index (κ1) is 23.5. The number of anilines is 1. The van der Waals surface area contributed by atoms with E-state index in [4.69, 9.17) is 4.74 Å². The fourth-order valence-corrected chi connectivity index (χ4v) is 6.71.